The summed E-state index contributed by atoms with van der Waals surface area (Å²) in [5.74, 6) is -0.00958. The van der Waals surface area contributed by atoms with Crippen LogP contribution in [0.1, 0.15) is 53.3 Å². The van der Waals surface area contributed by atoms with E-state index in [-0.39, 0.29) is 11.6 Å². The summed E-state index contributed by atoms with van der Waals surface area (Å²) in [5, 5.41) is 10.7. The molecule has 1 atom stereocenters. The van der Waals surface area contributed by atoms with Crippen molar-refractivity contribution in [1.29, 1.82) is 0 Å². The van der Waals surface area contributed by atoms with Crippen LogP contribution in [-0.2, 0) is 0 Å². The van der Waals surface area contributed by atoms with Gasteiger partial charge in [-0.3, -0.25) is 9.88 Å². The second kappa shape index (κ2) is 10.3. The molecule has 0 amide bonds. The number of hydrogen-bond donors (Lipinski definition) is 1. The molecular weight excluding hydrogens is 438 g/mol. The van der Waals surface area contributed by atoms with E-state index in [1.807, 2.05) is 18.3 Å². The van der Waals surface area contributed by atoms with Gasteiger partial charge in [0.1, 0.15) is 17.9 Å². The molecule has 6 nitrogen and oxygen atoms in total. The zero-order chi connectivity index (χ0) is 24.2. The fraction of sp³-hybridized carbons (Fsp3) is 0.310. The van der Waals surface area contributed by atoms with Gasteiger partial charge in [-0.1, -0.05) is 36.4 Å². The third-order valence-electron chi connectivity index (χ3n) is 7.11. The first-order valence-corrected chi connectivity index (χ1v) is 12.3. The quantitative estimate of drug-likeness (QED) is 0.364. The van der Waals surface area contributed by atoms with Gasteiger partial charge in [-0.05, 0) is 74.7 Å². The predicted molar refractivity (Wildman–Crippen MR) is 137 cm³/mol. The van der Waals surface area contributed by atoms with Crippen molar-refractivity contribution in [2.75, 3.05) is 26.2 Å². The minimum Gasteiger partial charge on any atom is -0.491 e. The molecule has 5 rings (SSSR count). The van der Waals surface area contributed by atoms with Crippen molar-refractivity contribution in [3.05, 3.63) is 95.9 Å². The Balaban J connectivity index is 1.24. The van der Waals surface area contributed by atoms with Crippen molar-refractivity contribution in [2.24, 2.45) is 0 Å². The summed E-state index contributed by atoms with van der Waals surface area (Å²) in [5.41, 5.74) is 3.96. The van der Waals surface area contributed by atoms with Crippen LogP contribution in [0, 0.1) is 0 Å². The number of carboxylic acids is 1. The van der Waals surface area contributed by atoms with Gasteiger partial charge in [-0.25, -0.2) is 4.79 Å². The van der Waals surface area contributed by atoms with E-state index >= 15 is 0 Å². The first-order chi connectivity index (χ1) is 17.1. The zero-order valence-corrected chi connectivity index (χ0v) is 20.0. The highest BCUT2D eigenvalue weighted by Gasteiger charge is 2.25. The third-order valence-corrected chi connectivity index (χ3v) is 7.11. The van der Waals surface area contributed by atoms with Crippen molar-refractivity contribution in [1.82, 2.24) is 14.5 Å². The van der Waals surface area contributed by atoms with E-state index in [1.165, 1.54) is 16.5 Å². The number of pyridine rings is 1. The summed E-state index contributed by atoms with van der Waals surface area (Å²) >= 11 is 0. The van der Waals surface area contributed by atoms with Crippen molar-refractivity contribution in [3.63, 3.8) is 0 Å². The van der Waals surface area contributed by atoms with Crippen LogP contribution in [0.5, 0.6) is 5.75 Å². The Bertz CT molecular complexity index is 1290. The van der Waals surface area contributed by atoms with Crippen LogP contribution in [0.25, 0.3) is 10.9 Å². The lowest BCUT2D eigenvalue weighted by Gasteiger charge is -2.31. The van der Waals surface area contributed by atoms with E-state index in [9.17, 15) is 9.90 Å². The first kappa shape index (κ1) is 23.1. The summed E-state index contributed by atoms with van der Waals surface area (Å²) in [4.78, 5) is 18.4. The molecule has 180 valence electrons. The van der Waals surface area contributed by atoms with E-state index in [2.05, 4.69) is 57.9 Å². The number of fused-ring (bicyclic) bond motifs is 1. The van der Waals surface area contributed by atoms with Gasteiger partial charge in [0.2, 0.25) is 0 Å². The van der Waals surface area contributed by atoms with Crippen LogP contribution < -0.4 is 4.74 Å². The summed E-state index contributed by atoms with van der Waals surface area (Å²) in [6.07, 6.45) is 6.39. The number of hydrogen-bond acceptors (Lipinski definition) is 4. The van der Waals surface area contributed by atoms with Gasteiger partial charge in [0.05, 0.1) is 11.7 Å². The second-order valence-electron chi connectivity index (χ2n) is 9.21. The SMILES string of the molecule is CC(c1ccccn1)n1cc(C2CCN(CCOc3ccccc3C(=O)O)CC2)c2ccccc21. The lowest BCUT2D eigenvalue weighted by molar-refractivity contribution is 0.0691. The topological polar surface area (TPSA) is 67.6 Å². The maximum atomic E-state index is 11.4. The average molecular weight is 470 g/mol. The van der Waals surface area contributed by atoms with Gasteiger partial charge < -0.3 is 14.4 Å². The van der Waals surface area contributed by atoms with Crippen LogP contribution >= 0.6 is 0 Å². The van der Waals surface area contributed by atoms with E-state index in [0.717, 1.165) is 38.2 Å². The summed E-state index contributed by atoms with van der Waals surface area (Å²) in [6.45, 7) is 5.49. The number of para-hydroxylation sites is 2. The molecule has 1 saturated heterocycles. The second-order valence-corrected chi connectivity index (χ2v) is 9.21. The molecule has 0 bridgehead atoms. The van der Waals surface area contributed by atoms with E-state index < -0.39 is 5.97 Å². The molecule has 6 heteroatoms. The van der Waals surface area contributed by atoms with Crippen molar-refractivity contribution in [3.8, 4) is 5.75 Å². The van der Waals surface area contributed by atoms with Crippen LogP contribution in [-0.4, -0.2) is 51.8 Å². The molecule has 2 aromatic heterocycles. The van der Waals surface area contributed by atoms with Gasteiger partial charge >= 0.3 is 5.97 Å². The van der Waals surface area contributed by atoms with Gasteiger partial charge in [0.15, 0.2) is 0 Å². The summed E-state index contributed by atoms with van der Waals surface area (Å²) in [7, 11) is 0. The minimum absolute atomic E-state index is 0.167. The van der Waals surface area contributed by atoms with Gasteiger partial charge in [-0.2, -0.15) is 0 Å². The Kier molecular flexibility index (Phi) is 6.82. The molecule has 0 spiro atoms. The Morgan fingerprint density at radius 2 is 1.80 bits per heavy atom. The molecule has 2 aromatic carbocycles. The molecule has 3 heterocycles. The molecular formula is C29H31N3O3. The van der Waals surface area contributed by atoms with Crippen LogP contribution in [0.15, 0.2) is 79.1 Å². The maximum absolute atomic E-state index is 11.4. The van der Waals surface area contributed by atoms with Crippen molar-refractivity contribution >= 4 is 16.9 Å². The van der Waals surface area contributed by atoms with E-state index in [1.54, 1.807) is 24.3 Å². The lowest BCUT2D eigenvalue weighted by atomic mass is 9.89. The van der Waals surface area contributed by atoms with Crippen molar-refractivity contribution < 1.29 is 14.6 Å². The molecule has 0 saturated carbocycles. The predicted octanol–water partition coefficient (Wildman–Crippen LogP) is 5.60. The number of aromatic carboxylic acids is 1. The number of aromatic nitrogens is 2. The van der Waals surface area contributed by atoms with Crippen molar-refractivity contribution in [2.45, 2.75) is 31.7 Å². The van der Waals surface area contributed by atoms with Crippen LogP contribution in [0.3, 0.4) is 0 Å². The maximum Gasteiger partial charge on any atom is 0.339 e. The Morgan fingerprint density at radius 3 is 2.57 bits per heavy atom. The van der Waals surface area contributed by atoms with Crippen LogP contribution in [0.2, 0.25) is 0 Å². The number of benzene rings is 2. The number of nitrogens with zero attached hydrogens (tertiary/aromatic N) is 3. The molecule has 4 aromatic rings. The monoisotopic (exact) mass is 469 g/mol. The number of rotatable bonds is 8. The Labute approximate surface area is 205 Å². The highest BCUT2D eigenvalue weighted by Crippen LogP contribution is 2.36. The highest BCUT2D eigenvalue weighted by molar-refractivity contribution is 5.90. The van der Waals surface area contributed by atoms with Gasteiger partial charge in [-0.15, -0.1) is 0 Å². The molecule has 35 heavy (non-hydrogen) atoms. The molecule has 1 aliphatic rings. The standard InChI is InChI=1S/C29H31N3O3/c1-21(26-10-6-7-15-30-26)32-20-25(23-8-2-4-11-27(23)32)22-13-16-31(17-14-22)18-19-35-28-12-5-3-9-24(28)29(33)34/h2-12,15,20-22H,13-14,16-19H2,1H3,(H,33,34). The minimum atomic E-state index is -0.960. The molecule has 0 aliphatic carbocycles. The third kappa shape index (κ3) is 4.93. The van der Waals surface area contributed by atoms with E-state index in [4.69, 9.17) is 4.74 Å². The Morgan fingerprint density at radius 1 is 1.06 bits per heavy atom. The molecule has 0 radical (unpaired) electrons. The van der Waals surface area contributed by atoms with E-state index in [0.29, 0.717) is 18.3 Å². The number of carbonyl (C=O) groups is 1. The fourth-order valence-electron chi connectivity index (χ4n) is 5.16. The molecule has 1 unspecified atom stereocenters. The summed E-state index contributed by atoms with van der Waals surface area (Å²) in [6, 6.07) is 21.8. The highest BCUT2D eigenvalue weighted by atomic mass is 16.5. The molecule has 1 aliphatic heterocycles. The number of ether oxygens (including phenoxy) is 1. The number of likely N-dealkylation sites (tertiary alicyclic amines) is 1. The normalized spacial score (nSPS) is 15.8. The van der Waals surface area contributed by atoms with Gasteiger partial charge in [0, 0.05) is 29.8 Å². The molecule has 1 N–H and O–H groups in total. The average Bonchev–Trinajstić information content (AvgIpc) is 3.29. The number of carboxylic acid groups (broad SMARTS) is 1. The Hall–Kier alpha value is -3.64. The smallest absolute Gasteiger partial charge is 0.339 e. The fourth-order valence-corrected chi connectivity index (χ4v) is 5.16. The summed E-state index contributed by atoms with van der Waals surface area (Å²) < 4.78 is 8.18. The largest absolute Gasteiger partial charge is 0.491 e. The zero-order valence-electron chi connectivity index (χ0n) is 20.0. The van der Waals surface area contributed by atoms with Crippen LogP contribution in [0.4, 0.5) is 0 Å². The molecule has 1 fully saturated rings. The lowest BCUT2D eigenvalue weighted by Crippen LogP contribution is -2.35. The number of piperidine rings is 1. The first-order valence-electron chi connectivity index (χ1n) is 12.3. The van der Waals surface area contributed by atoms with Gasteiger partial charge in [0.25, 0.3) is 0 Å².